The molecule has 0 N–H and O–H groups in total. The third kappa shape index (κ3) is 33.9. The van der Waals surface area contributed by atoms with Gasteiger partial charge in [0, 0.05) is 18.4 Å². The Kier molecular flexibility index (Phi) is 38.4. The summed E-state index contributed by atoms with van der Waals surface area (Å²) in [6.07, 6.45) is 32.7. The van der Waals surface area contributed by atoms with Crippen molar-refractivity contribution >= 4 is 30.0 Å². The Labute approximate surface area is 402 Å². The van der Waals surface area contributed by atoms with Crippen molar-refractivity contribution in [2.24, 2.45) is 11.8 Å². The van der Waals surface area contributed by atoms with E-state index in [0.29, 0.717) is 31.4 Å². The number of hydrogen-bond acceptors (Lipinski definition) is 10. The second kappa shape index (κ2) is 40.5. The number of ether oxygens (including phenoxy) is 4. The maximum absolute atomic E-state index is 13.3. The van der Waals surface area contributed by atoms with E-state index in [9.17, 15) is 19.2 Å². The van der Waals surface area contributed by atoms with Gasteiger partial charge in [-0.3, -0.25) is 19.2 Å². The number of carbonyl (C=O) groups excluding carboxylic acids is 6. The SMILES string of the molecule is CCCCCCCCCCCCCCCC(=O)OCC(COC(=O)CCCCCCCCCCCCCCC)OC(=O)C(C)CCC(C)C(=O)Oc1cc(C)cc(C)c1C(C)(C)C.O=C=O. The van der Waals surface area contributed by atoms with Gasteiger partial charge in [-0.15, -0.1) is 0 Å². The predicted octanol–water partition coefficient (Wildman–Crippen LogP) is 14.9. The number of hydrogen-bond donors (Lipinski definition) is 0. The first-order chi connectivity index (χ1) is 31.6. The van der Waals surface area contributed by atoms with E-state index < -0.39 is 23.9 Å². The number of esters is 4. The lowest BCUT2D eigenvalue weighted by Crippen LogP contribution is -2.33. The minimum Gasteiger partial charge on any atom is -0.462 e. The van der Waals surface area contributed by atoms with Gasteiger partial charge >= 0.3 is 30.0 Å². The second-order valence-electron chi connectivity index (χ2n) is 20.0. The number of rotatable bonds is 39. The van der Waals surface area contributed by atoms with E-state index in [2.05, 4.69) is 40.7 Å². The van der Waals surface area contributed by atoms with E-state index in [-0.39, 0.29) is 42.7 Å². The lowest BCUT2D eigenvalue weighted by Gasteiger charge is -2.26. The first kappa shape index (κ1) is 62.5. The molecule has 1 aromatic carbocycles. The summed E-state index contributed by atoms with van der Waals surface area (Å²) in [6.45, 7) is 18.1. The van der Waals surface area contributed by atoms with Gasteiger partial charge in [-0.2, -0.15) is 9.59 Å². The molecule has 0 bridgehead atoms. The normalized spacial score (nSPS) is 12.2. The van der Waals surface area contributed by atoms with E-state index in [1.807, 2.05) is 26.8 Å². The van der Waals surface area contributed by atoms with Crippen LogP contribution in [0.15, 0.2) is 12.1 Å². The molecule has 0 radical (unpaired) electrons. The zero-order chi connectivity index (χ0) is 49.4. The smallest absolute Gasteiger partial charge is 0.373 e. The van der Waals surface area contributed by atoms with E-state index in [1.54, 1.807) is 6.92 Å². The van der Waals surface area contributed by atoms with Crippen molar-refractivity contribution in [2.45, 2.75) is 266 Å². The van der Waals surface area contributed by atoms with Crippen molar-refractivity contribution in [2.75, 3.05) is 13.2 Å². The van der Waals surface area contributed by atoms with Gasteiger partial charge in [-0.1, -0.05) is 209 Å². The van der Waals surface area contributed by atoms with Crippen LogP contribution < -0.4 is 4.74 Å². The van der Waals surface area contributed by atoms with Crippen LogP contribution in [0.25, 0.3) is 0 Å². The monoisotopic (exact) mass is 929 g/mol. The molecule has 0 saturated heterocycles. The topological polar surface area (TPSA) is 139 Å². The molecule has 0 aliphatic heterocycles. The summed E-state index contributed by atoms with van der Waals surface area (Å²) >= 11 is 0. The molecule has 0 heterocycles. The van der Waals surface area contributed by atoms with E-state index in [4.69, 9.17) is 28.5 Å². The van der Waals surface area contributed by atoms with Crippen LogP contribution in [0, 0.1) is 25.7 Å². The second-order valence-corrected chi connectivity index (χ2v) is 20.0. The Bertz CT molecular complexity index is 1410. The summed E-state index contributed by atoms with van der Waals surface area (Å²) in [7, 11) is 0. The van der Waals surface area contributed by atoms with Crippen LogP contribution in [0.2, 0.25) is 0 Å². The van der Waals surface area contributed by atoms with Crippen LogP contribution >= 0.6 is 0 Å². The van der Waals surface area contributed by atoms with Crippen LogP contribution in [0.5, 0.6) is 5.75 Å². The van der Waals surface area contributed by atoms with Crippen LogP contribution in [0.4, 0.5) is 0 Å². The third-order valence-electron chi connectivity index (χ3n) is 12.4. The number of carbonyl (C=O) groups is 4. The minimum absolute atomic E-state index is 0.170. The summed E-state index contributed by atoms with van der Waals surface area (Å²) in [5.41, 5.74) is 2.91. The fourth-order valence-electron chi connectivity index (χ4n) is 8.40. The van der Waals surface area contributed by atoms with Crippen LogP contribution in [0.3, 0.4) is 0 Å². The maximum atomic E-state index is 13.3. The van der Waals surface area contributed by atoms with Crippen LogP contribution in [-0.2, 0) is 48.4 Å². The highest BCUT2D eigenvalue weighted by Crippen LogP contribution is 2.36. The van der Waals surface area contributed by atoms with Gasteiger partial charge in [-0.05, 0) is 62.1 Å². The summed E-state index contributed by atoms with van der Waals surface area (Å²) in [5.74, 6) is -1.88. The van der Waals surface area contributed by atoms with E-state index in [0.717, 1.165) is 55.2 Å². The largest absolute Gasteiger partial charge is 0.462 e. The molecular weight excluding hydrogens is 833 g/mol. The molecule has 10 heteroatoms. The van der Waals surface area contributed by atoms with Crippen molar-refractivity contribution in [3.8, 4) is 5.75 Å². The quantitative estimate of drug-likeness (QED) is 0.0271. The molecule has 1 rings (SSSR count). The molecule has 2 unspecified atom stereocenters. The highest BCUT2D eigenvalue weighted by molar-refractivity contribution is 5.76. The van der Waals surface area contributed by atoms with Crippen molar-refractivity contribution in [1.82, 2.24) is 0 Å². The molecule has 0 amide bonds. The van der Waals surface area contributed by atoms with Crippen LogP contribution in [-0.4, -0.2) is 49.3 Å². The van der Waals surface area contributed by atoms with Gasteiger partial charge in [0.05, 0.1) is 11.8 Å². The average Bonchev–Trinajstić information content (AvgIpc) is 3.26. The Balaban J connectivity index is 0.0000137. The first-order valence-corrected chi connectivity index (χ1v) is 26.4. The molecule has 1 aromatic rings. The van der Waals surface area contributed by atoms with Crippen molar-refractivity contribution in [3.63, 3.8) is 0 Å². The summed E-state index contributed by atoms with van der Waals surface area (Å²) in [4.78, 5) is 68.3. The zero-order valence-electron chi connectivity index (χ0n) is 43.6. The molecular formula is C56H96O10. The molecule has 66 heavy (non-hydrogen) atoms. The highest BCUT2D eigenvalue weighted by atomic mass is 16.6. The Morgan fingerprint density at radius 2 is 0.864 bits per heavy atom. The van der Waals surface area contributed by atoms with Gasteiger partial charge in [0.2, 0.25) is 0 Å². The number of unbranched alkanes of at least 4 members (excludes halogenated alkanes) is 24. The Hall–Kier alpha value is -3.52. The predicted molar refractivity (Wildman–Crippen MR) is 265 cm³/mol. The molecule has 10 nitrogen and oxygen atoms in total. The van der Waals surface area contributed by atoms with Crippen molar-refractivity contribution in [3.05, 3.63) is 28.8 Å². The molecule has 0 aliphatic rings. The molecule has 0 aliphatic carbocycles. The van der Waals surface area contributed by atoms with Gasteiger partial charge < -0.3 is 18.9 Å². The lowest BCUT2D eigenvalue weighted by atomic mass is 9.82. The summed E-state index contributed by atoms with van der Waals surface area (Å²) in [5, 5.41) is 0. The van der Waals surface area contributed by atoms with Gasteiger partial charge in [0.25, 0.3) is 0 Å². The average molecular weight is 929 g/mol. The Morgan fingerprint density at radius 1 is 0.530 bits per heavy atom. The van der Waals surface area contributed by atoms with Gasteiger partial charge in [-0.25, -0.2) is 0 Å². The fourth-order valence-corrected chi connectivity index (χ4v) is 8.40. The first-order valence-electron chi connectivity index (χ1n) is 26.4. The molecule has 0 fully saturated rings. The summed E-state index contributed by atoms with van der Waals surface area (Å²) in [6, 6.07) is 4.02. The Morgan fingerprint density at radius 3 is 1.21 bits per heavy atom. The summed E-state index contributed by atoms with van der Waals surface area (Å²) < 4.78 is 22.9. The fraction of sp³-hybridized carbons (Fsp3) is 0.804. The lowest BCUT2D eigenvalue weighted by molar-refractivity contribution is -0.191. The number of aryl methyl sites for hydroxylation is 2. The maximum Gasteiger partial charge on any atom is 0.373 e. The standard InChI is InChI=1S/C55H96O8.CO2/c1-10-12-14-16-18-20-22-24-26-28-30-32-34-36-50(56)60-42-48(43-61-51(57)37-35-33-31-29-27-25-23-21-19-17-15-13-11-2)62-53(58)45(4)38-39-46(5)54(59)63-49-41-44(3)40-47(6)52(49)55(7,8)9;2-1-3/h40-41,45-46,48H,10-39,42-43H2,1-9H3;. The zero-order valence-corrected chi connectivity index (χ0v) is 43.6. The van der Waals surface area contributed by atoms with Crippen molar-refractivity contribution < 1.29 is 47.7 Å². The number of benzene rings is 1. The molecule has 0 aromatic heterocycles. The molecule has 2 atom stereocenters. The van der Waals surface area contributed by atoms with Crippen molar-refractivity contribution in [1.29, 1.82) is 0 Å². The van der Waals surface area contributed by atoms with Gasteiger partial charge in [0.15, 0.2) is 6.10 Å². The molecule has 380 valence electrons. The molecule has 0 spiro atoms. The van der Waals surface area contributed by atoms with Gasteiger partial charge in [0.1, 0.15) is 19.0 Å². The van der Waals surface area contributed by atoms with E-state index in [1.165, 1.54) is 128 Å². The third-order valence-corrected chi connectivity index (χ3v) is 12.4. The molecule has 0 saturated carbocycles. The van der Waals surface area contributed by atoms with Crippen LogP contribution in [0.1, 0.15) is 258 Å². The highest BCUT2D eigenvalue weighted by Gasteiger charge is 2.27. The minimum atomic E-state index is -0.908. The van der Waals surface area contributed by atoms with E-state index >= 15 is 0 Å².